The van der Waals surface area contributed by atoms with Crippen LogP contribution in [0.15, 0.2) is 33.7 Å². The lowest BCUT2D eigenvalue weighted by Crippen LogP contribution is -2.16. The molecule has 0 aliphatic rings. The van der Waals surface area contributed by atoms with Crippen LogP contribution in [-0.2, 0) is 16.4 Å². The van der Waals surface area contributed by atoms with Gasteiger partial charge in [-0.2, -0.15) is 4.98 Å². The number of sulfonamides is 1. The first kappa shape index (κ1) is 19.2. The number of H-pyrrole nitrogens is 1. The lowest BCUT2D eigenvalue weighted by Gasteiger charge is -2.15. The Labute approximate surface area is 159 Å². The Balaban J connectivity index is 2.11. The average molecular weight is 388 g/mol. The highest BCUT2D eigenvalue weighted by Gasteiger charge is 2.29. The standard InChI is InChI=1S/C19H24N4O3S/c1-6-16-21-19(26-22-16)17-12(4)20-13(5)18(17)27(24,25)23-15-10-8-7-9-14(15)11(2)3/h7-11,20,23H,6H2,1-5H3. The minimum atomic E-state index is -3.86. The Morgan fingerprint density at radius 2 is 1.89 bits per heavy atom. The van der Waals surface area contributed by atoms with E-state index in [4.69, 9.17) is 4.52 Å². The molecule has 7 nitrogen and oxygen atoms in total. The highest BCUT2D eigenvalue weighted by molar-refractivity contribution is 7.93. The Kier molecular flexibility index (Phi) is 5.10. The van der Waals surface area contributed by atoms with E-state index in [1.165, 1.54) is 0 Å². The molecule has 0 saturated heterocycles. The minimum absolute atomic E-state index is 0.130. The Morgan fingerprint density at radius 1 is 1.19 bits per heavy atom. The molecule has 27 heavy (non-hydrogen) atoms. The maximum atomic E-state index is 13.3. The zero-order valence-corrected chi connectivity index (χ0v) is 16.9. The summed E-state index contributed by atoms with van der Waals surface area (Å²) < 4.78 is 34.6. The van der Waals surface area contributed by atoms with Crippen molar-refractivity contribution < 1.29 is 12.9 Å². The van der Waals surface area contributed by atoms with E-state index in [-0.39, 0.29) is 16.7 Å². The number of benzene rings is 1. The average Bonchev–Trinajstić information content (AvgIpc) is 3.18. The summed E-state index contributed by atoms with van der Waals surface area (Å²) in [7, 11) is -3.86. The molecule has 0 fully saturated rings. The molecule has 3 rings (SSSR count). The fourth-order valence-electron chi connectivity index (χ4n) is 3.14. The van der Waals surface area contributed by atoms with Crippen LogP contribution in [0.2, 0.25) is 0 Å². The van der Waals surface area contributed by atoms with Crippen molar-refractivity contribution in [1.29, 1.82) is 0 Å². The van der Waals surface area contributed by atoms with Crippen molar-refractivity contribution in [2.24, 2.45) is 0 Å². The molecule has 1 aromatic carbocycles. The summed E-state index contributed by atoms with van der Waals surface area (Å²) in [4.78, 5) is 7.52. The fraction of sp³-hybridized carbons (Fsp3) is 0.368. The van der Waals surface area contributed by atoms with Crippen LogP contribution < -0.4 is 4.72 Å². The van der Waals surface area contributed by atoms with Gasteiger partial charge in [0, 0.05) is 17.8 Å². The number of anilines is 1. The predicted molar refractivity (Wildman–Crippen MR) is 104 cm³/mol. The van der Waals surface area contributed by atoms with Gasteiger partial charge in [0.15, 0.2) is 5.82 Å². The van der Waals surface area contributed by atoms with E-state index in [1.807, 2.05) is 39.0 Å². The van der Waals surface area contributed by atoms with E-state index in [9.17, 15) is 8.42 Å². The third-order valence-corrected chi connectivity index (χ3v) is 5.95. The molecule has 2 aromatic heterocycles. The normalized spacial score (nSPS) is 11.9. The number of aromatic nitrogens is 3. The molecule has 0 atom stereocenters. The summed E-state index contributed by atoms with van der Waals surface area (Å²) >= 11 is 0. The third kappa shape index (κ3) is 3.62. The van der Waals surface area contributed by atoms with Crippen molar-refractivity contribution in [3.63, 3.8) is 0 Å². The lowest BCUT2D eigenvalue weighted by molar-refractivity contribution is 0.422. The smallest absolute Gasteiger partial charge is 0.264 e. The first-order valence-electron chi connectivity index (χ1n) is 8.88. The van der Waals surface area contributed by atoms with Crippen molar-refractivity contribution in [3.05, 3.63) is 47.0 Å². The first-order chi connectivity index (χ1) is 12.7. The summed E-state index contributed by atoms with van der Waals surface area (Å²) in [5, 5.41) is 3.89. The monoisotopic (exact) mass is 388 g/mol. The predicted octanol–water partition coefficient (Wildman–Crippen LogP) is 4.17. The van der Waals surface area contributed by atoms with Crippen molar-refractivity contribution in [2.45, 2.75) is 51.9 Å². The fourth-order valence-corrected chi connectivity index (χ4v) is 4.68. The van der Waals surface area contributed by atoms with Gasteiger partial charge < -0.3 is 9.51 Å². The van der Waals surface area contributed by atoms with Crippen molar-refractivity contribution in [1.82, 2.24) is 15.1 Å². The quantitative estimate of drug-likeness (QED) is 0.660. The lowest BCUT2D eigenvalue weighted by atomic mass is 10.0. The van der Waals surface area contributed by atoms with E-state index in [2.05, 4.69) is 19.8 Å². The largest absolute Gasteiger partial charge is 0.361 e. The third-order valence-electron chi connectivity index (χ3n) is 4.41. The van der Waals surface area contributed by atoms with Gasteiger partial charge in [-0.15, -0.1) is 0 Å². The SMILES string of the molecule is CCc1noc(-c2c(C)[nH]c(C)c2S(=O)(=O)Nc2ccccc2C(C)C)n1. The van der Waals surface area contributed by atoms with Crippen molar-refractivity contribution >= 4 is 15.7 Å². The van der Waals surface area contributed by atoms with Gasteiger partial charge in [-0.05, 0) is 31.4 Å². The van der Waals surface area contributed by atoms with E-state index >= 15 is 0 Å². The Morgan fingerprint density at radius 3 is 2.52 bits per heavy atom. The van der Waals surface area contributed by atoms with E-state index in [1.54, 1.807) is 19.9 Å². The number of nitrogens with zero attached hydrogens (tertiary/aromatic N) is 2. The topological polar surface area (TPSA) is 101 Å². The molecule has 0 amide bonds. The van der Waals surface area contributed by atoms with Crippen LogP contribution in [0.3, 0.4) is 0 Å². The molecule has 0 aliphatic heterocycles. The number of nitrogens with one attached hydrogen (secondary N) is 2. The maximum Gasteiger partial charge on any atom is 0.264 e. The number of para-hydroxylation sites is 1. The second-order valence-electron chi connectivity index (χ2n) is 6.80. The van der Waals surface area contributed by atoms with Crippen LogP contribution in [0, 0.1) is 13.8 Å². The summed E-state index contributed by atoms with van der Waals surface area (Å²) in [5.41, 5.74) is 3.09. The number of hydrogen-bond donors (Lipinski definition) is 2. The van der Waals surface area contributed by atoms with E-state index < -0.39 is 10.0 Å². The van der Waals surface area contributed by atoms with Gasteiger partial charge in [-0.1, -0.05) is 44.1 Å². The van der Waals surface area contributed by atoms with Crippen LogP contribution in [0.25, 0.3) is 11.5 Å². The molecule has 0 radical (unpaired) electrons. The highest BCUT2D eigenvalue weighted by Crippen LogP contribution is 2.34. The van der Waals surface area contributed by atoms with E-state index in [0.717, 1.165) is 5.56 Å². The van der Waals surface area contributed by atoms with Crippen molar-refractivity contribution in [2.75, 3.05) is 4.72 Å². The van der Waals surface area contributed by atoms with Gasteiger partial charge >= 0.3 is 0 Å². The van der Waals surface area contributed by atoms with E-state index in [0.29, 0.717) is 34.9 Å². The number of aryl methyl sites for hydroxylation is 3. The molecule has 0 unspecified atom stereocenters. The zero-order valence-electron chi connectivity index (χ0n) is 16.1. The van der Waals surface area contributed by atoms with Crippen LogP contribution >= 0.6 is 0 Å². The molecule has 8 heteroatoms. The molecular formula is C19H24N4O3S. The van der Waals surface area contributed by atoms with Crippen LogP contribution in [0.4, 0.5) is 5.69 Å². The van der Waals surface area contributed by atoms with Crippen molar-refractivity contribution in [3.8, 4) is 11.5 Å². The minimum Gasteiger partial charge on any atom is -0.361 e. The molecule has 0 aliphatic carbocycles. The Hall–Kier alpha value is -2.61. The summed E-state index contributed by atoms with van der Waals surface area (Å²) in [6.07, 6.45) is 0.605. The zero-order chi connectivity index (χ0) is 19.8. The van der Waals surface area contributed by atoms with Crippen LogP contribution in [-0.4, -0.2) is 23.5 Å². The maximum absolute atomic E-state index is 13.3. The first-order valence-corrected chi connectivity index (χ1v) is 10.4. The van der Waals surface area contributed by atoms with Gasteiger partial charge in [0.2, 0.25) is 0 Å². The number of hydrogen-bond acceptors (Lipinski definition) is 5. The Bertz CT molecular complexity index is 1060. The summed E-state index contributed by atoms with van der Waals surface area (Å²) in [6, 6.07) is 7.40. The van der Waals surface area contributed by atoms with Gasteiger partial charge in [-0.25, -0.2) is 8.42 Å². The molecular weight excluding hydrogens is 364 g/mol. The second-order valence-corrected chi connectivity index (χ2v) is 8.42. The molecule has 0 bridgehead atoms. The van der Waals surface area contributed by atoms with Gasteiger partial charge in [-0.3, -0.25) is 4.72 Å². The number of aromatic amines is 1. The molecule has 0 spiro atoms. The van der Waals surface area contributed by atoms with Crippen LogP contribution in [0.5, 0.6) is 0 Å². The van der Waals surface area contributed by atoms with Gasteiger partial charge in [0.05, 0.1) is 11.3 Å². The van der Waals surface area contributed by atoms with Gasteiger partial charge in [0.1, 0.15) is 4.90 Å². The second kappa shape index (κ2) is 7.19. The van der Waals surface area contributed by atoms with Crippen LogP contribution in [0.1, 0.15) is 49.5 Å². The highest BCUT2D eigenvalue weighted by atomic mass is 32.2. The van der Waals surface area contributed by atoms with Gasteiger partial charge in [0.25, 0.3) is 15.9 Å². The molecule has 144 valence electrons. The number of rotatable bonds is 6. The summed E-state index contributed by atoms with van der Waals surface area (Å²) in [5.74, 6) is 0.913. The molecule has 3 aromatic rings. The molecule has 2 heterocycles. The summed E-state index contributed by atoms with van der Waals surface area (Å²) in [6.45, 7) is 9.46. The molecule has 2 N–H and O–H groups in total. The molecule has 0 saturated carbocycles.